The lowest BCUT2D eigenvalue weighted by Crippen LogP contribution is -1.99. The molecule has 2 aromatic carbocycles. The summed E-state index contributed by atoms with van der Waals surface area (Å²) in [5.74, 6) is -1.04. The van der Waals surface area contributed by atoms with E-state index in [1.54, 1.807) is 36.5 Å². The zero-order chi connectivity index (χ0) is 14.8. The summed E-state index contributed by atoms with van der Waals surface area (Å²) >= 11 is 0. The molecule has 0 unspecified atom stereocenters. The molecule has 0 saturated heterocycles. The molecule has 0 fully saturated rings. The molecular weight excluding hydrogens is 271 g/mol. The lowest BCUT2D eigenvalue weighted by molar-refractivity contribution is 0.0697. The molecule has 3 aromatic rings. The van der Waals surface area contributed by atoms with Crippen molar-refractivity contribution >= 4 is 28.2 Å². The summed E-state index contributed by atoms with van der Waals surface area (Å²) in [6.45, 7) is 0. The van der Waals surface area contributed by atoms with Crippen LogP contribution in [0.4, 0.5) is 15.9 Å². The van der Waals surface area contributed by atoms with Gasteiger partial charge in [-0.3, -0.25) is 0 Å². The van der Waals surface area contributed by atoms with E-state index in [0.29, 0.717) is 16.9 Å². The second-order valence-corrected chi connectivity index (χ2v) is 4.51. The van der Waals surface area contributed by atoms with Crippen LogP contribution in [0.25, 0.3) is 10.8 Å². The van der Waals surface area contributed by atoms with Crippen LogP contribution in [0.1, 0.15) is 10.4 Å². The van der Waals surface area contributed by atoms with Crippen molar-refractivity contribution in [3.63, 3.8) is 0 Å². The summed E-state index contributed by atoms with van der Waals surface area (Å²) in [5, 5.41) is 13.1. The van der Waals surface area contributed by atoms with E-state index >= 15 is 0 Å². The molecule has 1 aromatic heterocycles. The molecule has 2 N–H and O–H groups in total. The highest BCUT2D eigenvalue weighted by Crippen LogP contribution is 2.26. The molecule has 0 aliphatic carbocycles. The number of benzene rings is 2. The fraction of sp³-hybridized carbons (Fsp3) is 0. The van der Waals surface area contributed by atoms with Crippen LogP contribution >= 0.6 is 0 Å². The van der Waals surface area contributed by atoms with Gasteiger partial charge in [0.15, 0.2) is 0 Å². The minimum absolute atomic E-state index is 0.153. The average Bonchev–Trinajstić information content (AvgIpc) is 2.48. The van der Waals surface area contributed by atoms with Crippen LogP contribution in [-0.4, -0.2) is 16.1 Å². The maximum Gasteiger partial charge on any atom is 0.335 e. The second kappa shape index (κ2) is 5.20. The molecule has 0 aliphatic rings. The zero-order valence-electron chi connectivity index (χ0n) is 10.9. The Morgan fingerprint density at radius 3 is 2.76 bits per heavy atom. The third-order valence-corrected chi connectivity index (χ3v) is 3.11. The third kappa shape index (κ3) is 2.53. The van der Waals surface area contributed by atoms with Gasteiger partial charge in [0.1, 0.15) is 11.6 Å². The van der Waals surface area contributed by atoms with Gasteiger partial charge in [0, 0.05) is 11.9 Å². The number of hydrogen-bond donors (Lipinski definition) is 2. The van der Waals surface area contributed by atoms with Crippen LogP contribution in [0.15, 0.2) is 54.7 Å². The quantitative estimate of drug-likeness (QED) is 0.766. The zero-order valence-corrected chi connectivity index (χ0v) is 10.9. The van der Waals surface area contributed by atoms with E-state index in [-0.39, 0.29) is 11.4 Å². The fourth-order valence-electron chi connectivity index (χ4n) is 2.15. The summed E-state index contributed by atoms with van der Waals surface area (Å²) in [4.78, 5) is 15.1. The maximum absolute atomic E-state index is 14.0. The first-order valence-electron chi connectivity index (χ1n) is 6.29. The normalized spacial score (nSPS) is 10.5. The first-order chi connectivity index (χ1) is 10.1. The van der Waals surface area contributed by atoms with Crippen molar-refractivity contribution in [3.05, 3.63) is 66.1 Å². The van der Waals surface area contributed by atoms with E-state index in [9.17, 15) is 9.18 Å². The molecule has 1 heterocycles. The molecule has 0 radical (unpaired) electrons. The standard InChI is InChI=1S/C16H11FN2O2/c17-13-6-2-3-10-7-8-18-15(14(10)13)19-12-5-1-4-11(9-12)16(20)21/h1-9H,(H,18,19)(H,20,21). The number of nitrogens with one attached hydrogen (secondary N) is 1. The van der Waals surface area contributed by atoms with Crippen molar-refractivity contribution < 1.29 is 14.3 Å². The van der Waals surface area contributed by atoms with Crippen molar-refractivity contribution in [3.8, 4) is 0 Å². The monoisotopic (exact) mass is 282 g/mol. The molecule has 5 heteroatoms. The Labute approximate surface area is 119 Å². The van der Waals surface area contributed by atoms with E-state index < -0.39 is 5.97 Å². The Bertz CT molecular complexity index is 828. The first-order valence-corrected chi connectivity index (χ1v) is 6.29. The lowest BCUT2D eigenvalue weighted by Gasteiger charge is -2.09. The molecule has 3 rings (SSSR count). The van der Waals surface area contributed by atoms with E-state index in [4.69, 9.17) is 5.11 Å². The van der Waals surface area contributed by atoms with Crippen molar-refractivity contribution in [2.75, 3.05) is 5.32 Å². The smallest absolute Gasteiger partial charge is 0.335 e. The van der Waals surface area contributed by atoms with Crippen LogP contribution in [-0.2, 0) is 0 Å². The summed E-state index contributed by atoms with van der Waals surface area (Å²) < 4.78 is 14.0. The molecule has 0 saturated carbocycles. The predicted octanol–water partition coefficient (Wildman–Crippen LogP) is 3.82. The third-order valence-electron chi connectivity index (χ3n) is 3.11. The van der Waals surface area contributed by atoms with E-state index in [1.807, 2.05) is 0 Å². The highest BCUT2D eigenvalue weighted by Gasteiger charge is 2.09. The van der Waals surface area contributed by atoms with Crippen LogP contribution in [0, 0.1) is 5.82 Å². The molecule has 0 bridgehead atoms. The van der Waals surface area contributed by atoms with Gasteiger partial charge >= 0.3 is 5.97 Å². The molecule has 104 valence electrons. The summed E-state index contributed by atoms with van der Waals surface area (Å²) in [7, 11) is 0. The number of rotatable bonds is 3. The Morgan fingerprint density at radius 2 is 1.95 bits per heavy atom. The SMILES string of the molecule is O=C(O)c1cccc(Nc2nccc3cccc(F)c23)c1. The molecule has 0 aliphatic heterocycles. The van der Waals surface area contributed by atoms with Gasteiger partial charge in [-0.2, -0.15) is 0 Å². The predicted molar refractivity (Wildman–Crippen MR) is 78.4 cm³/mol. The lowest BCUT2D eigenvalue weighted by atomic mass is 10.1. The first kappa shape index (κ1) is 13.1. The van der Waals surface area contributed by atoms with Crippen LogP contribution in [0.3, 0.4) is 0 Å². The Morgan fingerprint density at radius 1 is 1.14 bits per heavy atom. The fourth-order valence-corrected chi connectivity index (χ4v) is 2.15. The van der Waals surface area contributed by atoms with E-state index in [1.165, 1.54) is 18.2 Å². The Balaban J connectivity index is 2.06. The highest BCUT2D eigenvalue weighted by atomic mass is 19.1. The largest absolute Gasteiger partial charge is 0.478 e. The summed E-state index contributed by atoms with van der Waals surface area (Å²) in [5.41, 5.74) is 0.693. The number of nitrogens with zero attached hydrogens (tertiary/aromatic N) is 1. The van der Waals surface area contributed by atoms with Gasteiger partial charge in [0.25, 0.3) is 0 Å². The second-order valence-electron chi connectivity index (χ2n) is 4.51. The molecule has 21 heavy (non-hydrogen) atoms. The molecule has 0 atom stereocenters. The Kier molecular flexibility index (Phi) is 3.23. The highest BCUT2D eigenvalue weighted by molar-refractivity contribution is 5.94. The van der Waals surface area contributed by atoms with Gasteiger partial charge < -0.3 is 10.4 Å². The van der Waals surface area contributed by atoms with Gasteiger partial charge in [-0.15, -0.1) is 0 Å². The average molecular weight is 282 g/mol. The number of carbonyl (C=O) groups is 1. The Hall–Kier alpha value is -2.95. The van der Waals surface area contributed by atoms with Gasteiger partial charge in [0.2, 0.25) is 0 Å². The van der Waals surface area contributed by atoms with Gasteiger partial charge in [-0.25, -0.2) is 14.2 Å². The number of pyridine rings is 1. The molecule has 0 spiro atoms. The molecular formula is C16H11FN2O2. The number of carboxylic acids is 1. The number of aromatic carboxylic acids is 1. The minimum atomic E-state index is -1.02. The van der Waals surface area contributed by atoms with Gasteiger partial charge in [-0.1, -0.05) is 18.2 Å². The van der Waals surface area contributed by atoms with Crippen LogP contribution in [0.2, 0.25) is 0 Å². The minimum Gasteiger partial charge on any atom is -0.478 e. The maximum atomic E-state index is 14.0. The topological polar surface area (TPSA) is 62.2 Å². The molecule has 4 nitrogen and oxygen atoms in total. The van der Waals surface area contributed by atoms with Crippen LogP contribution in [0.5, 0.6) is 0 Å². The summed E-state index contributed by atoms with van der Waals surface area (Å²) in [6, 6.07) is 12.8. The summed E-state index contributed by atoms with van der Waals surface area (Å²) in [6.07, 6.45) is 1.57. The number of carboxylic acid groups (broad SMARTS) is 1. The van der Waals surface area contributed by atoms with Gasteiger partial charge in [-0.05, 0) is 35.7 Å². The number of anilines is 2. The van der Waals surface area contributed by atoms with Gasteiger partial charge in [0.05, 0.1) is 10.9 Å². The number of halogens is 1. The van der Waals surface area contributed by atoms with E-state index in [2.05, 4.69) is 10.3 Å². The molecule has 0 amide bonds. The number of aromatic nitrogens is 1. The number of fused-ring (bicyclic) bond motifs is 1. The van der Waals surface area contributed by atoms with Crippen molar-refractivity contribution in [2.45, 2.75) is 0 Å². The van der Waals surface area contributed by atoms with E-state index in [0.717, 1.165) is 5.39 Å². The van der Waals surface area contributed by atoms with Crippen molar-refractivity contribution in [2.24, 2.45) is 0 Å². The van der Waals surface area contributed by atoms with Crippen molar-refractivity contribution in [1.82, 2.24) is 4.98 Å². The van der Waals surface area contributed by atoms with Crippen LogP contribution < -0.4 is 5.32 Å². The van der Waals surface area contributed by atoms with Crippen molar-refractivity contribution in [1.29, 1.82) is 0 Å². The number of hydrogen-bond acceptors (Lipinski definition) is 3.